The van der Waals surface area contributed by atoms with Crippen molar-refractivity contribution in [2.24, 2.45) is 0 Å². The monoisotopic (exact) mass is 201 g/mol. The number of pyridine rings is 2. The molecule has 0 saturated carbocycles. The van der Waals surface area contributed by atoms with Gasteiger partial charge in [-0.05, 0) is 12.1 Å². The van der Waals surface area contributed by atoms with Crippen molar-refractivity contribution >= 4 is 5.82 Å². The van der Waals surface area contributed by atoms with Crippen LogP contribution in [-0.2, 0) is 6.61 Å². The summed E-state index contributed by atoms with van der Waals surface area (Å²) in [4.78, 5) is 8.03. The predicted molar refractivity (Wildman–Crippen MR) is 57.8 cm³/mol. The number of aliphatic hydroxyl groups is 1. The number of nitrogens with two attached hydrogens (primary N) is 1. The third-order valence-corrected chi connectivity index (χ3v) is 2.17. The third-order valence-electron chi connectivity index (χ3n) is 2.17. The van der Waals surface area contributed by atoms with Gasteiger partial charge in [-0.25, -0.2) is 4.98 Å². The highest BCUT2D eigenvalue weighted by Crippen LogP contribution is 2.20. The Labute approximate surface area is 87.4 Å². The summed E-state index contributed by atoms with van der Waals surface area (Å²) in [5, 5.41) is 9.05. The lowest BCUT2D eigenvalue weighted by molar-refractivity contribution is 0.282. The van der Waals surface area contributed by atoms with Crippen molar-refractivity contribution in [3.8, 4) is 11.1 Å². The normalized spacial score (nSPS) is 10.2. The second-order valence-corrected chi connectivity index (χ2v) is 3.17. The number of hydrogen-bond acceptors (Lipinski definition) is 4. The average Bonchev–Trinajstić information content (AvgIpc) is 2.31. The maximum Gasteiger partial charge on any atom is 0.128 e. The summed E-state index contributed by atoms with van der Waals surface area (Å²) in [5.41, 5.74) is 8.09. The molecule has 0 atom stereocenters. The number of nitrogen functional groups attached to an aromatic ring is 1. The highest BCUT2D eigenvalue weighted by atomic mass is 16.3. The van der Waals surface area contributed by atoms with E-state index in [2.05, 4.69) is 9.97 Å². The van der Waals surface area contributed by atoms with Crippen molar-refractivity contribution in [2.75, 3.05) is 5.73 Å². The molecule has 76 valence electrons. The van der Waals surface area contributed by atoms with Gasteiger partial charge in [0.15, 0.2) is 0 Å². The molecule has 0 aliphatic rings. The van der Waals surface area contributed by atoms with Crippen molar-refractivity contribution in [3.05, 3.63) is 42.4 Å². The molecular formula is C11H11N3O. The maximum absolute atomic E-state index is 9.05. The fourth-order valence-corrected chi connectivity index (χ4v) is 1.34. The fraction of sp³-hybridized carbons (Fsp3) is 0.0909. The van der Waals surface area contributed by atoms with E-state index in [1.165, 1.54) is 0 Å². The Hall–Kier alpha value is -1.94. The van der Waals surface area contributed by atoms with Crippen LogP contribution in [0.15, 0.2) is 36.8 Å². The zero-order valence-electron chi connectivity index (χ0n) is 8.09. The second kappa shape index (κ2) is 4.06. The van der Waals surface area contributed by atoms with Gasteiger partial charge in [0.1, 0.15) is 5.82 Å². The summed E-state index contributed by atoms with van der Waals surface area (Å²) >= 11 is 0. The number of aliphatic hydroxyl groups excluding tert-OH is 1. The van der Waals surface area contributed by atoms with Crippen LogP contribution in [0.25, 0.3) is 11.1 Å². The van der Waals surface area contributed by atoms with Gasteiger partial charge >= 0.3 is 0 Å². The first-order valence-corrected chi connectivity index (χ1v) is 4.57. The van der Waals surface area contributed by atoms with Crippen molar-refractivity contribution < 1.29 is 5.11 Å². The van der Waals surface area contributed by atoms with Crippen LogP contribution >= 0.6 is 0 Å². The van der Waals surface area contributed by atoms with Gasteiger partial charge in [0.05, 0.1) is 6.61 Å². The number of anilines is 1. The maximum atomic E-state index is 9.05. The fourth-order valence-electron chi connectivity index (χ4n) is 1.34. The van der Waals surface area contributed by atoms with Crippen LogP contribution in [0.4, 0.5) is 5.82 Å². The van der Waals surface area contributed by atoms with Crippen LogP contribution in [0.2, 0.25) is 0 Å². The van der Waals surface area contributed by atoms with Gasteiger partial charge in [0.2, 0.25) is 0 Å². The van der Waals surface area contributed by atoms with Gasteiger partial charge in [-0.1, -0.05) is 6.07 Å². The first-order valence-electron chi connectivity index (χ1n) is 4.57. The zero-order chi connectivity index (χ0) is 10.7. The molecule has 0 spiro atoms. The molecule has 0 aliphatic carbocycles. The molecule has 4 heteroatoms. The van der Waals surface area contributed by atoms with Crippen molar-refractivity contribution in [1.29, 1.82) is 0 Å². The highest BCUT2D eigenvalue weighted by molar-refractivity contribution is 5.64. The molecule has 0 aromatic carbocycles. The molecule has 0 amide bonds. The summed E-state index contributed by atoms with van der Waals surface area (Å²) in [6, 6.07) is 5.60. The molecule has 0 aliphatic heterocycles. The second-order valence-electron chi connectivity index (χ2n) is 3.17. The molecule has 2 aromatic heterocycles. The molecule has 2 aromatic rings. The minimum Gasteiger partial charge on any atom is -0.392 e. The molecule has 3 N–H and O–H groups in total. The minimum atomic E-state index is -0.104. The Kier molecular flexibility index (Phi) is 2.60. The van der Waals surface area contributed by atoms with E-state index in [1.54, 1.807) is 18.6 Å². The Morgan fingerprint density at radius 1 is 1.27 bits per heavy atom. The summed E-state index contributed by atoms with van der Waals surface area (Å²) in [7, 11) is 0. The number of rotatable bonds is 2. The van der Waals surface area contributed by atoms with E-state index in [0.29, 0.717) is 11.4 Å². The van der Waals surface area contributed by atoms with Gasteiger partial charge in [-0.2, -0.15) is 0 Å². The van der Waals surface area contributed by atoms with E-state index in [-0.39, 0.29) is 6.61 Å². The van der Waals surface area contributed by atoms with E-state index < -0.39 is 0 Å². The Morgan fingerprint density at radius 2 is 2.13 bits per heavy atom. The van der Waals surface area contributed by atoms with E-state index in [4.69, 9.17) is 10.8 Å². The van der Waals surface area contributed by atoms with E-state index in [1.807, 2.05) is 18.2 Å². The Bertz CT molecular complexity index is 457. The van der Waals surface area contributed by atoms with Crippen LogP contribution in [0.3, 0.4) is 0 Å². The van der Waals surface area contributed by atoms with Crippen LogP contribution in [0.5, 0.6) is 0 Å². The summed E-state index contributed by atoms with van der Waals surface area (Å²) in [6.45, 7) is -0.104. The summed E-state index contributed by atoms with van der Waals surface area (Å²) in [5.74, 6) is 0.366. The highest BCUT2D eigenvalue weighted by Gasteiger charge is 2.03. The lowest BCUT2D eigenvalue weighted by Crippen LogP contribution is -1.97. The summed E-state index contributed by atoms with van der Waals surface area (Å²) in [6.07, 6.45) is 5.13. The molecule has 2 heterocycles. The number of hydrogen-bond donors (Lipinski definition) is 2. The molecule has 0 fully saturated rings. The largest absolute Gasteiger partial charge is 0.392 e. The number of aromatic nitrogens is 2. The smallest absolute Gasteiger partial charge is 0.128 e. The molecule has 4 nitrogen and oxygen atoms in total. The lowest BCUT2D eigenvalue weighted by Gasteiger charge is -2.05. The quantitative estimate of drug-likeness (QED) is 0.766. The van der Waals surface area contributed by atoms with Crippen LogP contribution in [0, 0.1) is 0 Å². The SMILES string of the molecule is Nc1ncc(-c2cccnc2)cc1CO. The van der Waals surface area contributed by atoms with Gasteiger partial charge in [-0.3, -0.25) is 4.98 Å². The standard InChI is InChI=1S/C11H11N3O/c12-11-10(7-15)4-9(6-14-11)8-2-1-3-13-5-8/h1-6,15H,7H2,(H2,12,14). The van der Waals surface area contributed by atoms with Gasteiger partial charge in [0, 0.05) is 35.3 Å². The van der Waals surface area contributed by atoms with Crippen molar-refractivity contribution in [1.82, 2.24) is 9.97 Å². The predicted octanol–water partition coefficient (Wildman–Crippen LogP) is 1.22. The van der Waals surface area contributed by atoms with Crippen molar-refractivity contribution in [2.45, 2.75) is 6.61 Å². The minimum absolute atomic E-state index is 0.104. The van der Waals surface area contributed by atoms with E-state index in [0.717, 1.165) is 11.1 Å². The molecule has 0 radical (unpaired) electrons. The zero-order valence-corrected chi connectivity index (χ0v) is 8.09. The van der Waals surface area contributed by atoms with E-state index >= 15 is 0 Å². The molecule has 0 saturated heterocycles. The molecular weight excluding hydrogens is 190 g/mol. The molecule has 0 unspecified atom stereocenters. The first kappa shape index (κ1) is 9.61. The van der Waals surface area contributed by atoms with Crippen molar-refractivity contribution in [3.63, 3.8) is 0 Å². The van der Waals surface area contributed by atoms with Crippen LogP contribution in [-0.4, -0.2) is 15.1 Å². The third kappa shape index (κ3) is 1.94. The van der Waals surface area contributed by atoms with Crippen LogP contribution < -0.4 is 5.73 Å². The number of nitrogens with zero attached hydrogens (tertiary/aromatic N) is 2. The van der Waals surface area contributed by atoms with Gasteiger partial charge in [0.25, 0.3) is 0 Å². The Morgan fingerprint density at radius 3 is 2.80 bits per heavy atom. The Balaban J connectivity index is 2.46. The van der Waals surface area contributed by atoms with Gasteiger partial charge in [-0.15, -0.1) is 0 Å². The average molecular weight is 201 g/mol. The van der Waals surface area contributed by atoms with E-state index in [9.17, 15) is 0 Å². The van der Waals surface area contributed by atoms with Crippen LogP contribution in [0.1, 0.15) is 5.56 Å². The molecule has 15 heavy (non-hydrogen) atoms. The molecule has 0 bridgehead atoms. The first-order chi connectivity index (χ1) is 7.31. The lowest BCUT2D eigenvalue weighted by atomic mass is 10.1. The topological polar surface area (TPSA) is 72.0 Å². The molecule has 2 rings (SSSR count). The van der Waals surface area contributed by atoms with Gasteiger partial charge < -0.3 is 10.8 Å². The summed E-state index contributed by atoms with van der Waals surface area (Å²) < 4.78 is 0.